The zero-order chi connectivity index (χ0) is 20.7. The van der Waals surface area contributed by atoms with Crippen LogP contribution in [0.2, 0.25) is 23.4 Å². The summed E-state index contributed by atoms with van der Waals surface area (Å²) in [5.41, 5.74) is -0.619. The number of unbranched alkanes of at least 4 members (excludes halogenated alkanes) is 1. The van der Waals surface area contributed by atoms with Gasteiger partial charge in [0.25, 0.3) is 6.55 Å². The fourth-order valence-corrected chi connectivity index (χ4v) is 4.01. The fourth-order valence-electron chi connectivity index (χ4n) is 2.92. The molecule has 154 valence electrons. The molecule has 0 unspecified atom stereocenters. The van der Waals surface area contributed by atoms with Crippen molar-refractivity contribution in [2.24, 2.45) is 0 Å². The van der Waals surface area contributed by atoms with Crippen molar-refractivity contribution >= 4 is 14.9 Å². The van der Waals surface area contributed by atoms with Crippen LogP contribution in [0.1, 0.15) is 82.1 Å². The molecule has 1 saturated heterocycles. The smallest absolute Gasteiger partial charge is 0.558 e. The molecule has 3 nitrogen and oxygen atoms in total. The second-order valence-corrected chi connectivity index (χ2v) is 16.4. The van der Waals surface area contributed by atoms with E-state index >= 15 is 0 Å². The quantitative estimate of drug-likeness (QED) is 0.511. The van der Waals surface area contributed by atoms with Crippen molar-refractivity contribution in [3.63, 3.8) is 0 Å². The molecule has 6 heteroatoms. The molecular weight excluding hydrogens is 346 g/mol. The van der Waals surface area contributed by atoms with Gasteiger partial charge < -0.3 is 13.7 Å². The number of allylic oxidation sites excluding steroid dienone is 1. The number of rotatable bonds is 6. The predicted molar refractivity (Wildman–Crippen MR) is 117 cm³/mol. The van der Waals surface area contributed by atoms with Crippen molar-refractivity contribution in [1.29, 1.82) is 0 Å². The van der Waals surface area contributed by atoms with Crippen molar-refractivity contribution in [3.8, 4) is 0 Å². The third kappa shape index (κ3) is 6.24. The van der Waals surface area contributed by atoms with E-state index in [0.717, 1.165) is 19.4 Å². The molecule has 1 fully saturated rings. The SMILES string of the molecule is CC(C)(C)[B-]1(/C=C/CCCO[Si](C)(C)C(C)(C)C)OC(C)(C)C(C)(C)O1.[Li+]. The van der Waals surface area contributed by atoms with Crippen LogP contribution in [0.3, 0.4) is 0 Å². The van der Waals surface area contributed by atoms with Crippen molar-refractivity contribution in [1.82, 2.24) is 0 Å². The Hall–Kier alpha value is 0.499. The molecule has 0 aromatic heterocycles. The standard InChI is InChI=1S/C21H44BO3Si.Li/c1-18(2,3)22(24-20(7,8)21(9,10)25-22)16-14-13-15-17-23-26(11,12)19(4,5)6;/h14,16H,13,15,17H2,1-12H3;/q-1;+1/b16-14+;. The number of hydrogen-bond donors (Lipinski definition) is 0. The molecule has 1 heterocycles. The van der Waals surface area contributed by atoms with Crippen LogP contribution in [0.25, 0.3) is 0 Å². The summed E-state index contributed by atoms with van der Waals surface area (Å²) in [5.74, 6) is 2.20. The summed E-state index contributed by atoms with van der Waals surface area (Å²) in [4.78, 5) is 0. The Balaban J connectivity index is 0.00000676. The summed E-state index contributed by atoms with van der Waals surface area (Å²) in [6, 6.07) is 0. The minimum Gasteiger partial charge on any atom is -0.558 e. The Morgan fingerprint density at radius 2 is 1.37 bits per heavy atom. The second-order valence-electron chi connectivity index (χ2n) is 11.6. The summed E-state index contributed by atoms with van der Waals surface area (Å²) >= 11 is 0. The van der Waals surface area contributed by atoms with Crippen LogP contribution in [0.15, 0.2) is 12.1 Å². The molecule has 0 spiro atoms. The van der Waals surface area contributed by atoms with Gasteiger partial charge in [-0.1, -0.05) is 41.5 Å². The van der Waals surface area contributed by atoms with E-state index in [2.05, 4.69) is 94.4 Å². The third-order valence-corrected chi connectivity index (χ3v) is 11.3. The van der Waals surface area contributed by atoms with E-state index in [0.29, 0.717) is 0 Å². The Morgan fingerprint density at radius 3 is 1.74 bits per heavy atom. The zero-order valence-electron chi connectivity index (χ0n) is 20.6. The maximum atomic E-state index is 6.55. The average Bonchev–Trinajstić information content (AvgIpc) is 2.58. The third-order valence-electron chi connectivity index (χ3n) is 6.77. The van der Waals surface area contributed by atoms with Gasteiger partial charge in [0.2, 0.25) is 0 Å². The largest absolute Gasteiger partial charge is 1.00 e. The summed E-state index contributed by atoms with van der Waals surface area (Å²) in [5, 5.41) is 0.185. The van der Waals surface area contributed by atoms with Gasteiger partial charge in [0.05, 0.1) is 0 Å². The molecule has 1 aliphatic heterocycles. The van der Waals surface area contributed by atoms with Gasteiger partial charge in [-0.3, -0.25) is 0 Å². The van der Waals surface area contributed by atoms with Crippen LogP contribution in [0, 0.1) is 0 Å². The molecule has 0 N–H and O–H groups in total. The number of hydrogen-bond acceptors (Lipinski definition) is 3. The van der Waals surface area contributed by atoms with Crippen LogP contribution in [0.4, 0.5) is 0 Å². The molecule has 27 heavy (non-hydrogen) atoms. The molecule has 0 atom stereocenters. The fraction of sp³-hybridized carbons (Fsp3) is 0.905. The van der Waals surface area contributed by atoms with E-state index in [1.54, 1.807) is 0 Å². The minimum atomic E-state index is -1.64. The summed E-state index contributed by atoms with van der Waals surface area (Å²) in [6.45, 7) is 25.9. The Labute approximate surface area is 182 Å². The molecule has 1 aliphatic rings. The van der Waals surface area contributed by atoms with Crippen molar-refractivity contribution in [2.75, 3.05) is 6.61 Å². The van der Waals surface area contributed by atoms with Crippen molar-refractivity contribution < 1.29 is 32.6 Å². The van der Waals surface area contributed by atoms with Crippen LogP contribution in [0.5, 0.6) is 0 Å². The van der Waals surface area contributed by atoms with Gasteiger partial charge in [-0.2, -0.15) is 5.98 Å². The zero-order valence-corrected chi connectivity index (χ0v) is 21.6. The Bertz CT molecular complexity index is 501. The molecule has 0 aromatic rings. The minimum absolute atomic E-state index is 0. The van der Waals surface area contributed by atoms with Crippen LogP contribution < -0.4 is 18.9 Å². The molecule has 1 rings (SSSR count). The molecule has 0 amide bonds. The molecular formula is C21H44BLiO3Si. The van der Waals surface area contributed by atoms with Gasteiger partial charge in [0.1, 0.15) is 0 Å². The normalized spacial score (nSPS) is 22.1. The van der Waals surface area contributed by atoms with Gasteiger partial charge in [-0.15, -0.1) is 11.4 Å². The van der Waals surface area contributed by atoms with E-state index in [9.17, 15) is 0 Å². The topological polar surface area (TPSA) is 27.7 Å². The Morgan fingerprint density at radius 1 is 0.926 bits per heavy atom. The molecule has 0 bridgehead atoms. The monoisotopic (exact) mass is 390 g/mol. The van der Waals surface area contributed by atoms with Crippen molar-refractivity contribution in [2.45, 2.75) is 117 Å². The van der Waals surface area contributed by atoms with Gasteiger partial charge in [0, 0.05) is 17.8 Å². The van der Waals surface area contributed by atoms with Gasteiger partial charge in [-0.05, 0) is 58.7 Å². The van der Waals surface area contributed by atoms with Gasteiger partial charge >= 0.3 is 18.9 Å². The first-order chi connectivity index (χ1) is 11.4. The Kier molecular flexibility index (Phi) is 8.86. The predicted octanol–water partition coefficient (Wildman–Crippen LogP) is 3.73. The first-order valence-electron chi connectivity index (χ1n) is 10.2. The van der Waals surface area contributed by atoms with Gasteiger partial charge in [0.15, 0.2) is 8.32 Å². The summed E-state index contributed by atoms with van der Waals surface area (Å²) < 4.78 is 19.4. The van der Waals surface area contributed by atoms with Crippen molar-refractivity contribution in [3.05, 3.63) is 12.1 Å². The summed E-state index contributed by atoms with van der Waals surface area (Å²) in [6.07, 6.45) is 4.26. The first kappa shape index (κ1) is 27.5. The van der Waals surface area contributed by atoms with E-state index in [1.165, 1.54) is 0 Å². The van der Waals surface area contributed by atoms with E-state index in [1.807, 2.05) is 0 Å². The molecule has 0 saturated carbocycles. The molecule has 0 radical (unpaired) electrons. The van der Waals surface area contributed by atoms with E-state index < -0.39 is 14.9 Å². The molecule has 0 aliphatic carbocycles. The van der Waals surface area contributed by atoms with Crippen LogP contribution >= 0.6 is 0 Å². The molecule has 0 aromatic carbocycles. The average molecular weight is 390 g/mol. The van der Waals surface area contributed by atoms with E-state index in [4.69, 9.17) is 13.7 Å². The van der Waals surface area contributed by atoms with Crippen LogP contribution in [-0.2, 0) is 13.7 Å². The summed E-state index contributed by atoms with van der Waals surface area (Å²) in [7, 11) is -1.64. The van der Waals surface area contributed by atoms with E-state index in [-0.39, 0.29) is 40.4 Å². The van der Waals surface area contributed by atoms with Gasteiger partial charge in [-0.25, -0.2) is 0 Å². The second kappa shape index (κ2) is 8.70. The van der Waals surface area contributed by atoms with Crippen LogP contribution in [-0.4, -0.2) is 32.7 Å². The maximum absolute atomic E-state index is 6.55. The maximum Gasteiger partial charge on any atom is 1.00 e. The first-order valence-corrected chi connectivity index (χ1v) is 13.1.